The van der Waals surface area contributed by atoms with E-state index in [9.17, 15) is 18.0 Å². The second-order valence-electron chi connectivity index (χ2n) is 11.0. The fourth-order valence-electron chi connectivity index (χ4n) is 4.38. The van der Waals surface area contributed by atoms with E-state index in [0.29, 0.717) is 5.69 Å². The number of rotatable bonds is 9. The van der Waals surface area contributed by atoms with E-state index < -0.39 is 34.1 Å². The molecule has 39 heavy (non-hydrogen) atoms. The topological polar surface area (TPSA) is 86.8 Å². The lowest BCUT2D eigenvalue weighted by molar-refractivity contribution is -0.140. The van der Waals surface area contributed by atoms with Crippen LogP contribution in [-0.4, -0.2) is 43.3 Å². The maximum Gasteiger partial charge on any atom is 0.264 e. The maximum absolute atomic E-state index is 14.0. The first kappa shape index (κ1) is 29.9. The zero-order valence-corrected chi connectivity index (χ0v) is 24.7. The van der Waals surface area contributed by atoms with E-state index in [2.05, 4.69) is 5.32 Å². The summed E-state index contributed by atoms with van der Waals surface area (Å²) in [5, 5.41) is 2.94. The minimum atomic E-state index is -4.09. The predicted molar refractivity (Wildman–Crippen MR) is 156 cm³/mol. The first-order valence-corrected chi connectivity index (χ1v) is 14.4. The molecular weight excluding hydrogens is 510 g/mol. The molecule has 7 nitrogen and oxygen atoms in total. The average molecular weight is 550 g/mol. The van der Waals surface area contributed by atoms with E-state index >= 15 is 0 Å². The van der Waals surface area contributed by atoms with Crippen LogP contribution < -0.4 is 9.62 Å². The van der Waals surface area contributed by atoms with Gasteiger partial charge in [0.15, 0.2) is 0 Å². The van der Waals surface area contributed by atoms with Gasteiger partial charge in [-0.3, -0.25) is 13.9 Å². The van der Waals surface area contributed by atoms with Crippen LogP contribution in [0.5, 0.6) is 0 Å². The van der Waals surface area contributed by atoms with Crippen molar-refractivity contribution < 1.29 is 18.0 Å². The van der Waals surface area contributed by atoms with Crippen LogP contribution in [0, 0.1) is 20.8 Å². The Morgan fingerprint density at radius 2 is 1.51 bits per heavy atom. The Hall–Kier alpha value is -3.65. The summed E-state index contributed by atoms with van der Waals surface area (Å²) in [5.41, 5.74) is 3.50. The van der Waals surface area contributed by atoms with Crippen molar-refractivity contribution in [2.75, 3.05) is 10.8 Å². The first-order chi connectivity index (χ1) is 18.2. The zero-order chi connectivity index (χ0) is 29.0. The maximum atomic E-state index is 14.0. The molecule has 0 aliphatic heterocycles. The standard InChI is InChI=1S/C31H39N3O4S/c1-22-12-11-13-26(19-22)20-33(25(4)30(36)32-31(5,6)7)29(35)21-34(28-17-16-23(2)18-24(28)3)39(37,38)27-14-9-8-10-15-27/h8-19,25H,20-21H2,1-7H3,(H,32,36)/t25-/m1/s1. The summed E-state index contributed by atoms with van der Waals surface area (Å²) >= 11 is 0. The van der Waals surface area contributed by atoms with Crippen LogP contribution in [-0.2, 0) is 26.2 Å². The summed E-state index contributed by atoms with van der Waals surface area (Å²) in [5.74, 6) is -0.792. The fraction of sp³-hybridized carbons (Fsp3) is 0.355. The number of sulfonamides is 1. The van der Waals surface area contributed by atoms with Crippen molar-refractivity contribution in [2.45, 2.75) is 71.5 Å². The molecule has 0 aromatic heterocycles. The van der Waals surface area contributed by atoms with Crippen molar-refractivity contribution in [3.05, 3.63) is 95.1 Å². The van der Waals surface area contributed by atoms with Crippen LogP contribution in [0.4, 0.5) is 5.69 Å². The molecule has 0 saturated heterocycles. The van der Waals surface area contributed by atoms with Crippen LogP contribution in [0.3, 0.4) is 0 Å². The number of aryl methyl sites for hydroxylation is 3. The highest BCUT2D eigenvalue weighted by Gasteiger charge is 2.33. The van der Waals surface area contributed by atoms with Gasteiger partial charge in [-0.1, -0.05) is 65.7 Å². The Kier molecular flexibility index (Phi) is 9.22. The molecule has 1 N–H and O–H groups in total. The van der Waals surface area contributed by atoms with Gasteiger partial charge in [-0.15, -0.1) is 0 Å². The number of carbonyl (C=O) groups is 2. The van der Waals surface area contributed by atoms with E-state index in [1.807, 2.05) is 77.9 Å². The third-order valence-electron chi connectivity index (χ3n) is 6.33. The summed E-state index contributed by atoms with van der Waals surface area (Å²) in [4.78, 5) is 28.8. The quantitative estimate of drug-likeness (QED) is 0.401. The van der Waals surface area contributed by atoms with E-state index in [-0.39, 0.29) is 17.3 Å². The Bertz CT molecular complexity index is 1430. The highest BCUT2D eigenvalue weighted by Crippen LogP contribution is 2.28. The molecule has 208 valence electrons. The second kappa shape index (κ2) is 12.0. The number of benzene rings is 3. The molecule has 0 saturated carbocycles. The molecule has 1 atom stereocenters. The van der Waals surface area contributed by atoms with Gasteiger partial charge in [0, 0.05) is 12.1 Å². The summed E-state index contributed by atoms with van der Waals surface area (Å²) < 4.78 is 28.9. The van der Waals surface area contributed by atoms with E-state index in [1.165, 1.54) is 17.0 Å². The molecule has 0 aliphatic carbocycles. The Labute approximate surface area is 232 Å². The lowest BCUT2D eigenvalue weighted by atomic mass is 10.1. The lowest BCUT2D eigenvalue weighted by Gasteiger charge is -2.34. The van der Waals surface area contributed by atoms with Crippen LogP contribution in [0.1, 0.15) is 49.9 Å². The molecule has 3 rings (SSSR count). The van der Waals surface area contributed by atoms with Crippen molar-refractivity contribution in [2.24, 2.45) is 0 Å². The SMILES string of the molecule is Cc1cccc(CN(C(=O)CN(c2ccc(C)cc2C)S(=O)(=O)c2ccccc2)[C@H](C)C(=O)NC(C)(C)C)c1. The van der Waals surface area contributed by atoms with Crippen LogP contribution in [0.2, 0.25) is 0 Å². The summed E-state index contributed by atoms with van der Waals surface area (Å²) in [6, 6.07) is 20.4. The molecule has 0 radical (unpaired) electrons. The Morgan fingerprint density at radius 1 is 0.872 bits per heavy atom. The minimum Gasteiger partial charge on any atom is -0.350 e. The van der Waals surface area contributed by atoms with Crippen LogP contribution >= 0.6 is 0 Å². The normalized spacial score (nSPS) is 12.5. The number of hydrogen-bond donors (Lipinski definition) is 1. The molecule has 0 fully saturated rings. The fourth-order valence-corrected chi connectivity index (χ4v) is 5.88. The third-order valence-corrected chi connectivity index (χ3v) is 8.11. The molecule has 8 heteroatoms. The van der Waals surface area contributed by atoms with E-state index in [1.54, 1.807) is 31.2 Å². The number of amides is 2. The van der Waals surface area contributed by atoms with Crippen molar-refractivity contribution in [3.8, 4) is 0 Å². The number of carbonyl (C=O) groups excluding carboxylic acids is 2. The third kappa shape index (κ3) is 7.69. The Morgan fingerprint density at radius 3 is 2.10 bits per heavy atom. The second-order valence-corrected chi connectivity index (χ2v) is 12.9. The van der Waals surface area contributed by atoms with Crippen molar-refractivity contribution >= 4 is 27.5 Å². The number of hydrogen-bond acceptors (Lipinski definition) is 4. The van der Waals surface area contributed by atoms with Gasteiger partial charge in [0.2, 0.25) is 11.8 Å². The van der Waals surface area contributed by atoms with Gasteiger partial charge < -0.3 is 10.2 Å². The van der Waals surface area contributed by atoms with Gasteiger partial charge >= 0.3 is 0 Å². The van der Waals surface area contributed by atoms with E-state index in [0.717, 1.165) is 26.6 Å². The van der Waals surface area contributed by atoms with Crippen LogP contribution in [0.15, 0.2) is 77.7 Å². The largest absolute Gasteiger partial charge is 0.350 e. The summed E-state index contributed by atoms with van der Waals surface area (Å²) in [6.07, 6.45) is 0. The van der Waals surface area contributed by atoms with Crippen LogP contribution in [0.25, 0.3) is 0 Å². The van der Waals surface area contributed by atoms with Gasteiger partial charge in [0.05, 0.1) is 10.6 Å². The van der Waals surface area contributed by atoms with Crippen molar-refractivity contribution in [1.29, 1.82) is 0 Å². The molecule has 0 heterocycles. The highest BCUT2D eigenvalue weighted by molar-refractivity contribution is 7.92. The summed E-state index contributed by atoms with van der Waals surface area (Å²) in [6.45, 7) is 12.7. The number of nitrogens with one attached hydrogen (secondary N) is 1. The predicted octanol–water partition coefficient (Wildman–Crippen LogP) is 5.14. The zero-order valence-electron chi connectivity index (χ0n) is 23.9. The van der Waals surface area contributed by atoms with Gasteiger partial charge in [0.1, 0.15) is 12.6 Å². The van der Waals surface area contributed by atoms with Gasteiger partial charge in [-0.25, -0.2) is 8.42 Å². The molecule has 0 unspecified atom stereocenters. The van der Waals surface area contributed by atoms with Crippen molar-refractivity contribution in [1.82, 2.24) is 10.2 Å². The number of nitrogens with zero attached hydrogens (tertiary/aromatic N) is 2. The molecule has 0 bridgehead atoms. The van der Waals surface area contributed by atoms with Gasteiger partial charge in [0.25, 0.3) is 10.0 Å². The monoisotopic (exact) mass is 549 g/mol. The molecule has 2 amide bonds. The van der Waals surface area contributed by atoms with Gasteiger partial charge in [-0.05, 0) is 77.8 Å². The molecule has 0 aliphatic rings. The van der Waals surface area contributed by atoms with E-state index in [4.69, 9.17) is 0 Å². The molecule has 0 spiro atoms. The van der Waals surface area contributed by atoms with Crippen molar-refractivity contribution in [3.63, 3.8) is 0 Å². The minimum absolute atomic E-state index is 0.0848. The highest BCUT2D eigenvalue weighted by atomic mass is 32.2. The first-order valence-electron chi connectivity index (χ1n) is 13.0. The molecular formula is C31H39N3O4S. The smallest absolute Gasteiger partial charge is 0.264 e. The summed E-state index contributed by atoms with van der Waals surface area (Å²) in [7, 11) is -4.09. The van der Waals surface area contributed by atoms with Gasteiger partial charge in [-0.2, -0.15) is 0 Å². The average Bonchev–Trinajstić information content (AvgIpc) is 2.85. The lowest BCUT2D eigenvalue weighted by Crippen LogP contribution is -2.54. The molecule has 3 aromatic rings. The number of anilines is 1. The Balaban J connectivity index is 2.06. The molecule has 3 aromatic carbocycles.